The molecule has 1 saturated heterocycles. The summed E-state index contributed by atoms with van der Waals surface area (Å²) in [4.78, 5) is 13.1. The van der Waals surface area contributed by atoms with Crippen molar-refractivity contribution in [2.24, 2.45) is 0 Å². The van der Waals surface area contributed by atoms with E-state index in [2.05, 4.69) is 37.4 Å². The molecule has 0 aromatic rings. The number of ether oxygens (including phenoxy) is 2. The third kappa shape index (κ3) is 31.2. The van der Waals surface area contributed by atoms with Crippen LogP contribution >= 0.6 is 0 Å². The van der Waals surface area contributed by atoms with Crippen LogP contribution in [-0.4, -0.2) is 110 Å². The molecule has 1 amide bonds. The van der Waals surface area contributed by atoms with Crippen LogP contribution in [0.2, 0.25) is 0 Å². The molecule has 1 aliphatic rings. The fourth-order valence-electron chi connectivity index (χ4n) is 8.47. The Morgan fingerprint density at radius 1 is 0.556 bits per heavy atom. The first kappa shape index (κ1) is 59.6. The Balaban J connectivity index is 2.23. The van der Waals surface area contributed by atoms with Crippen LogP contribution in [-0.2, 0) is 14.3 Å². The van der Waals surface area contributed by atoms with Crippen LogP contribution in [0.15, 0.2) is 24.3 Å². The van der Waals surface area contributed by atoms with Crippen LogP contribution in [0.25, 0.3) is 0 Å². The predicted octanol–water partition coefficient (Wildman–Crippen LogP) is 9.79. The summed E-state index contributed by atoms with van der Waals surface area (Å²) in [5.74, 6) is -0.710. The molecule has 0 saturated carbocycles. The monoisotopic (exact) mass is 898 g/mol. The van der Waals surface area contributed by atoms with Gasteiger partial charge in [-0.15, -0.1) is 0 Å². The number of carbonyl (C=O) groups is 1. The lowest BCUT2D eigenvalue weighted by atomic mass is 9.98. The Morgan fingerprint density at radius 3 is 1.43 bits per heavy atom. The normalized spacial score (nSPS) is 21.3. The molecule has 1 aliphatic heterocycles. The number of unbranched alkanes of at least 4 members (excludes halogenated alkanes) is 28. The highest BCUT2D eigenvalue weighted by Gasteiger charge is 2.44. The van der Waals surface area contributed by atoms with Crippen molar-refractivity contribution in [1.29, 1.82) is 0 Å². The Labute approximate surface area is 384 Å². The molecule has 8 N–H and O–H groups in total. The molecule has 0 aliphatic carbocycles. The maximum absolute atomic E-state index is 13.1. The van der Waals surface area contributed by atoms with E-state index in [0.717, 1.165) is 38.5 Å². The molecule has 9 unspecified atom stereocenters. The molecule has 0 spiro atoms. The summed E-state index contributed by atoms with van der Waals surface area (Å²) < 4.78 is 11.1. The zero-order valence-corrected chi connectivity index (χ0v) is 40.3. The topological polar surface area (TPSA) is 189 Å². The van der Waals surface area contributed by atoms with Crippen LogP contribution in [0.3, 0.4) is 0 Å². The summed E-state index contributed by atoms with van der Waals surface area (Å²) in [6.07, 6.45) is 37.1. The van der Waals surface area contributed by atoms with Gasteiger partial charge in [-0.3, -0.25) is 4.79 Å². The number of allylic oxidation sites excluding steroid dienone is 4. The summed E-state index contributed by atoms with van der Waals surface area (Å²) in [6, 6.07) is -1.19. The molecule has 1 rings (SSSR count). The lowest BCUT2D eigenvalue weighted by molar-refractivity contribution is -0.303. The molecule has 1 heterocycles. The van der Waals surface area contributed by atoms with E-state index in [1.54, 1.807) is 0 Å². The Kier molecular flexibility index (Phi) is 39.7. The average Bonchev–Trinajstić information content (AvgIpc) is 3.28. The SMILES string of the molecule is CC/C=C/CC/C=C/CCCC(O)C(O)C(COC1OC(CO)C(O)C(O)C1O)NC(=O)C(O)CCCCCCCCCCCCCCCCCCCCCCCCCCCCC. The van der Waals surface area contributed by atoms with Crippen LogP contribution in [0, 0.1) is 0 Å². The number of hydrogen-bond donors (Lipinski definition) is 8. The Hall–Kier alpha value is -1.41. The minimum Gasteiger partial charge on any atom is -0.394 e. The van der Waals surface area contributed by atoms with Gasteiger partial charge in [0.05, 0.1) is 25.4 Å². The maximum atomic E-state index is 13.1. The van der Waals surface area contributed by atoms with Crippen molar-refractivity contribution in [3.05, 3.63) is 24.3 Å². The van der Waals surface area contributed by atoms with Crippen LogP contribution in [0.4, 0.5) is 0 Å². The summed E-state index contributed by atoms with van der Waals surface area (Å²) >= 11 is 0. The number of aliphatic hydroxyl groups excluding tert-OH is 7. The van der Waals surface area contributed by atoms with Crippen LogP contribution in [0.1, 0.15) is 232 Å². The van der Waals surface area contributed by atoms with Gasteiger partial charge in [0.1, 0.15) is 36.6 Å². The quantitative estimate of drug-likeness (QED) is 0.0216. The van der Waals surface area contributed by atoms with Gasteiger partial charge in [0, 0.05) is 0 Å². The highest BCUT2D eigenvalue weighted by atomic mass is 16.7. The zero-order valence-electron chi connectivity index (χ0n) is 40.3. The van der Waals surface area contributed by atoms with E-state index in [1.165, 1.54) is 148 Å². The van der Waals surface area contributed by atoms with Crippen LogP contribution in [0.5, 0.6) is 0 Å². The third-order valence-electron chi connectivity index (χ3n) is 12.7. The Bertz CT molecular complexity index is 1080. The van der Waals surface area contributed by atoms with E-state index in [-0.39, 0.29) is 12.8 Å². The summed E-state index contributed by atoms with van der Waals surface area (Å²) in [5, 5.41) is 75.5. The van der Waals surface area contributed by atoms with Gasteiger partial charge in [-0.05, 0) is 44.9 Å². The van der Waals surface area contributed by atoms with E-state index >= 15 is 0 Å². The highest BCUT2D eigenvalue weighted by molar-refractivity contribution is 5.80. The first-order valence-corrected chi connectivity index (χ1v) is 26.2. The fourth-order valence-corrected chi connectivity index (χ4v) is 8.47. The van der Waals surface area contributed by atoms with E-state index in [0.29, 0.717) is 19.3 Å². The van der Waals surface area contributed by atoms with Gasteiger partial charge in [0.15, 0.2) is 6.29 Å². The molecule has 11 heteroatoms. The number of carbonyl (C=O) groups excluding carboxylic acids is 1. The van der Waals surface area contributed by atoms with E-state index in [1.807, 2.05) is 6.08 Å². The molecule has 9 atom stereocenters. The molecular weight excluding hydrogens is 799 g/mol. The van der Waals surface area contributed by atoms with Crippen molar-refractivity contribution in [2.45, 2.75) is 287 Å². The van der Waals surface area contributed by atoms with Crippen molar-refractivity contribution in [2.75, 3.05) is 13.2 Å². The lowest BCUT2D eigenvalue weighted by Crippen LogP contribution is -2.60. The lowest BCUT2D eigenvalue weighted by Gasteiger charge is -2.40. The maximum Gasteiger partial charge on any atom is 0.249 e. The van der Waals surface area contributed by atoms with E-state index in [9.17, 15) is 40.5 Å². The molecule has 63 heavy (non-hydrogen) atoms. The second-order valence-corrected chi connectivity index (χ2v) is 18.6. The van der Waals surface area contributed by atoms with Crippen molar-refractivity contribution < 1.29 is 50.0 Å². The van der Waals surface area contributed by atoms with Gasteiger partial charge >= 0.3 is 0 Å². The minimum atomic E-state index is -1.67. The third-order valence-corrected chi connectivity index (χ3v) is 12.7. The van der Waals surface area contributed by atoms with Gasteiger partial charge < -0.3 is 50.5 Å². The standard InChI is InChI=1S/C52H99NO10/c1-3-5-7-9-11-13-14-15-16-17-18-19-20-21-22-23-24-25-26-27-28-29-30-32-34-36-38-40-45(56)51(61)53-43(42-62-52-50(60)49(59)48(58)46(41-54)63-52)47(57)44(55)39-37-35-33-31-12-10-8-6-4-2/h6,8,31,33,43-50,52,54-60H,3-5,7,9-30,32,34-42H2,1-2H3,(H,53,61)/b8-6+,33-31+. The summed E-state index contributed by atoms with van der Waals surface area (Å²) in [6.45, 7) is 3.30. The van der Waals surface area contributed by atoms with Gasteiger partial charge in [0.2, 0.25) is 5.91 Å². The highest BCUT2D eigenvalue weighted by Crippen LogP contribution is 2.23. The molecule has 0 radical (unpaired) electrons. The van der Waals surface area contributed by atoms with Gasteiger partial charge in [-0.2, -0.15) is 0 Å². The number of aliphatic hydroxyl groups is 7. The predicted molar refractivity (Wildman–Crippen MR) is 256 cm³/mol. The minimum absolute atomic E-state index is 0.246. The zero-order chi connectivity index (χ0) is 46.2. The second-order valence-electron chi connectivity index (χ2n) is 18.6. The average molecular weight is 898 g/mol. The first-order chi connectivity index (χ1) is 30.7. The van der Waals surface area contributed by atoms with Crippen molar-refractivity contribution >= 4 is 5.91 Å². The molecule has 1 fully saturated rings. The largest absolute Gasteiger partial charge is 0.394 e. The molecule has 11 nitrogen and oxygen atoms in total. The van der Waals surface area contributed by atoms with Crippen molar-refractivity contribution in [3.63, 3.8) is 0 Å². The van der Waals surface area contributed by atoms with Crippen molar-refractivity contribution in [1.82, 2.24) is 5.32 Å². The van der Waals surface area contributed by atoms with Gasteiger partial charge in [-0.25, -0.2) is 0 Å². The number of amides is 1. The molecule has 0 bridgehead atoms. The number of hydrogen-bond acceptors (Lipinski definition) is 10. The second kappa shape index (κ2) is 42.0. The number of nitrogens with one attached hydrogen (secondary N) is 1. The first-order valence-electron chi connectivity index (χ1n) is 26.2. The summed E-state index contributed by atoms with van der Waals surface area (Å²) in [5.41, 5.74) is 0. The molecule has 0 aromatic heterocycles. The molecule has 0 aromatic carbocycles. The van der Waals surface area contributed by atoms with Crippen LogP contribution < -0.4 is 5.32 Å². The van der Waals surface area contributed by atoms with Gasteiger partial charge in [0.25, 0.3) is 0 Å². The number of rotatable bonds is 44. The smallest absolute Gasteiger partial charge is 0.249 e. The summed E-state index contributed by atoms with van der Waals surface area (Å²) in [7, 11) is 0. The molecular formula is C52H99NO10. The van der Waals surface area contributed by atoms with E-state index in [4.69, 9.17) is 9.47 Å². The molecule has 372 valence electrons. The van der Waals surface area contributed by atoms with Crippen molar-refractivity contribution in [3.8, 4) is 0 Å². The van der Waals surface area contributed by atoms with Gasteiger partial charge in [-0.1, -0.05) is 212 Å². The fraction of sp³-hybridized carbons (Fsp3) is 0.904. The Morgan fingerprint density at radius 2 is 0.984 bits per heavy atom. The van der Waals surface area contributed by atoms with E-state index < -0.39 is 74.2 Å².